The van der Waals surface area contributed by atoms with Crippen molar-refractivity contribution in [2.45, 2.75) is 25.7 Å². The van der Waals surface area contributed by atoms with Gasteiger partial charge in [-0.2, -0.15) is 107 Å². The number of hydrogen-bond donors (Lipinski definition) is 0. The summed E-state index contributed by atoms with van der Waals surface area (Å²) in [5.74, 6) is 0. The van der Waals surface area contributed by atoms with E-state index in [1.54, 1.807) is 0 Å². The number of fused-ring (bicyclic) bond motifs is 8. The first kappa shape index (κ1) is 63.4. The van der Waals surface area contributed by atoms with Crippen molar-refractivity contribution in [3.8, 4) is 22.3 Å². The Morgan fingerprint density at radius 1 is 0.381 bits per heavy atom. The summed E-state index contributed by atoms with van der Waals surface area (Å²) in [6.45, 7) is 0. The van der Waals surface area contributed by atoms with Gasteiger partial charge in [0.25, 0.3) is 0 Å². The molecule has 0 aliphatic heterocycles. The van der Waals surface area contributed by atoms with Crippen LogP contribution in [0.3, 0.4) is 0 Å². The molecule has 0 unspecified atom stereocenters. The van der Waals surface area contributed by atoms with Crippen LogP contribution in [0.2, 0.25) is 0 Å². The van der Waals surface area contributed by atoms with Crippen LogP contribution in [-0.4, -0.2) is 0 Å². The van der Waals surface area contributed by atoms with Crippen molar-refractivity contribution in [2.75, 3.05) is 0 Å². The summed E-state index contributed by atoms with van der Waals surface area (Å²) in [7, 11) is 0. The summed E-state index contributed by atoms with van der Waals surface area (Å²) >= 11 is 0. The second kappa shape index (κ2) is 34.5. The molecule has 0 radical (unpaired) electrons. The minimum atomic E-state index is 0. The third-order valence-corrected chi connectivity index (χ3v) is 9.50. The second-order valence-corrected chi connectivity index (χ2v) is 13.1. The Labute approximate surface area is 441 Å². The molecule has 0 spiro atoms. The van der Waals surface area contributed by atoms with Crippen LogP contribution in [0.4, 0.5) is 0 Å². The predicted molar refractivity (Wildman–Crippen MR) is 268 cm³/mol. The van der Waals surface area contributed by atoms with Crippen LogP contribution >= 0.6 is 0 Å². The summed E-state index contributed by atoms with van der Waals surface area (Å²) in [4.78, 5) is 0. The van der Waals surface area contributed by atoms with Crippen LogP contribution in [0.1, 0.15) is 35.1 Å². The molecule has 0 aromatic heterocycles. The zero-order chi connectivity index (χ0) is 36.6. The molecule has 12 rings (SSSR count). The Morgan fingerprint density at radius 3 is 1.10 bits per heavy atom. The topological polar surface area (TPSA) is 0 Å². The molecule has 0 atom stereocenters. The molecule has 3 heteroatoms. The molecule has 0 saturated carbocycles. The van der Waals surface area contributed by atoms with Crippen molar-refractivity contribution in [1.29, 1.82) is 0 Å². The van der Waals surface area contributed by atoms with Gasteiger partial charge in [-0.25, -0.2) is 24.3 Å². The van der Waals surface area contributed by atoms with E-state index in [0.29, 0.717) is 0 Å². The van der Waals surface area contributed by atoms with E-state index >= 15 is 0 Å². The van der Waals surface area contributed by atoms with Gasteiger partial charge in [-0.3, -0.25) is 12.2 Å². The Hall–Kier alpha value is -3.85. The zero-order valence-electron chi connectivity index (χ0n) is 38.0. The van der Waals surface area contributed by atoms with Crippen molar-refractivity contribution < 1.29 is 78.6 Å². The fourth-order valence-corrected chi connectivity index (χ4v) is 6.82. The van der Waals surface area contributed by atoms with Gasteiger partial charge in [0.15, 0.2) is 0 Å². The van der Waals surface area contributed by atoms with Gasteiger partial charge < -0.3 is 44.6 Å². The summed E-state index contributed by atoms with van der Waals surface area (Å²) < 4.78 is 0. The number of hydrogen-bond acceptors (Lipinski definition) is 0. The Bertz CT molecular complexity index is 2180. The maximum absolute atomic E-state index is 3.30. The molecule has 0 heterocycles. The molecule has 63 heavy (non-hydrogen) atoms. The maximum Gasteiger partial charge on any atom is 4.00 e. The minimum absolute atomic E-state index is 0. The van der Waals surface area contributed by atoms with E-state index < -0.39 is 0 Å². The van der Waals surface area contributed by atoms with Crippen molar-refractivity contribution in [2.24, 2.45) is 0 Å². The SMILES string of the molecule is [C-]1=CC=CC1.[C-]1=CC=CC1.[CH3-].[CH3-].[CH3-].[CH3-].[CH3-].[CH3-].[Zr+4].[Zr+4].[Zr+4].[c-]1cccc2c1Cc1ccccc1-2.[c-]1cccc2c1Cc1ccccc1-2.c1ccc2[cH-]ccc2c1.c1ccc2[cH-]ccc2c1. The van der Waals surface area contributed by atoms with Gasteiger partial charge in [0, 0.05) is 0 Å². The van der Waals surface area contributed by atoms with Gasteiger partial charge in [-0.15, -0.1) is 83.3 Å². The van der Waals surface area contributed by atoms with Crippen LogP contribution in [0.15, 0.2) is 206 Å². The first-order valence-electron chi connectivity index (χ1n) is 18.6. The number of rotatable bonds is 0. The molecule has 0 bridgehead atoms. The molecule has 0 N–H and O–H groups in total. The smallest absolute Gasteiger partial charge is 0.358 e. The van der Waals surface area contributed by atoms with E-state index in [1.165, 1.54) is 66.1 Å². The van der Waals surface area contributed by atoms with Crippen LogP contribution < -0.4 is 0 Å². The molecule has 8 aromatic rings. The average Bonchev–Trinajstić information content (AvgIpc) is 4.10. The van der Waals surface area contributed by atoms with Crippen molar-refractivity contribution in [3.63, 3.8) is 0 Å². The van der Waals surface area contributed by atoms with Crippen LogP contribution in [0, 0.1) is 68.8 Å². The number of allylic oxidation sites excluding steroid dienone is 8. The molecule has 0 saturated heterocycles. The molecule has 312 valence electrons. The van der Waals surface area contributed by atoms with Crippen molar-refractivity contribution in [3.05, 3.63) is 297 Å². The molecule has 0 nitrogen and oxygen atoms in total. The van der Waals surface area contributed by atoms with E-state index in [-0.39, 0.29) is 123 Å². The third-order valence-electron chi connectivity index (χ3n) is 9.50. The van der Waals surface area contributed by atoms with Crippen molar-refractivity contribution >= 4 is 21.5 Å². The van der Waals surface area contributed by atoms with Gasteiger partial charge in [0.1, 0.15) is 0 Å². The first-order chi connectivity index (χ1) is 26.8. The fraction of sp³-hybridized carbons (Fsp3) is 0.0667. The van der Waals surface area contributed by atoms with E-state index in [9.17, 15) is 0 Å². The van der Waals surface area contributed by atoms with E-state index in [4.69, 9.17) is 0 Å². The van der Waals surface area contributed by atoms with Gasteiger partial charge in [-0.05, 0) is 12.8 Å². The fourth-order valence-electron chi connectivity index (χ4n) is 6.82. The van der Waals surface area contributed by atoms with Crippen LogP contribution in [-0.2, 0) is 91.5 Å². The second-order valence-electron chi connectivity index (χ2n) is 13.1. The summed E-state index contributed by atoms with van der Waals surface area (Å²) in [6.07, 6.45) is 22.1. The number of benzene rings is 6. The van der Waals surface area contributed by atoms with E-state index in [2.05, 4.69) is 194 Å². The molecule has 0 amide bonds. The molecule has 4 aliphatic carbocycles. The molecular weight excluding hydrogens is 994 g/mol. The normalized spacial score (nSPS) is 10.8. The predicted octanol–water partition coefficient (Wildman–Crippen LogP) is 16.5. The molecule has 0 fully saturated rings. The Kier molecular flexibility index (Phi) is 34.8. The Morgan fingerprint density at radius 2 is 0.746 bits per heavy atom. The van der Waals surface area contributed by atoms with Gasteiger partial charge >= 0.3 is 78.6 Å². The van der Waals surface area contributed by atoms with Crippen LogP contribution in [0.25, 0.3) is 43.8 Å². The monoisotopic (exact) mass is 1050 g/mol. The van der Waals surface area contributed by atoms with Gasteiger partial charge in [-0.1, -0.05) is 82.9 Å². The van der Waals surface area contributed by atoms with Gasteiger partial charge in [0.05, 0.1) is 0 Å². The summed E-state index contributed by atoms with van der Waals surface area (Å²) in [5, 5.41) is 5.32. The van der Waals surface area contributed by atoms with Crippen molar-refractivity contribution in [1.82, 2.24) is 0 Å². The van der Waals surface area contributed by atoms with Gasteiger partial charge in [0.2, 0.25) is 0 Å². The molecule has 4 aliphatic rings. The van der Waals surface area contributed by atoms with Crippen LogP contribution in [0.5, 0.6) is 0 Å². The largest absolute Gasteiger partial charge is 4.00 e. The zero-order valence-corrected chi connectivity index (χ0v) is 45.3. The molecular formula is C60H60Zr3. The molecule has 8 aromatic carbocycles. The Balaban J connectivity index is -0.000000686. The summed E-state index contributed by atoms with van der Waals surface area (Å²) in [6, 6.07) is 65.6. The maximum atomic E-state index is 3.30. The minimum Gasteiger partial charge on any atom is -0.358 e. The summed E-state index contributed by atoms with van der Waals surface area (Å²) in [5.41, 5.74) is 11.0. The van der Waals surface area contributed by atoms with E-state index in [1.807, 2.05) is 36.4 Å². The standard InChI is InChI=1S/2C13H9.2C9H7.2C5H5.6CH3.3Zr/c2*1-3-7-12-10(5-1)9-11-6-2-4-8-13(11)12;2*1-2-5-9-7-3-6-8(9)4-1;2*1-2-4-5-3-1;;;;;;;;;/h2*1-5,7-8H,9H2;2*1-7H;2*1-3H,4H2;6*1H3;;;/q12*-1;3*+4. The quantitative estimate of drug-likeness (QED) is 0.133. The third kappa shape index (κ3) is 18.3. The van der Waals surface area contributed by atoms with E-state index in [0.717, 1.165) is 25.7 Å². The average molecular weight is 1050 g/mol. The first-order valence-corrected chi connectivity index (χ1v) is 18.6.